The Morgan fingerprint density at radius 3 is 2.93 bits per heavy atom. The fourth-order valence-electron chi connectivity index (χ4n) is 1.94. The summed E-state index contributed by atoms with van der Waals surface area (Å²) in [5.74, 6) is 0.818. The first-order valence-electron chi connectivity index (χ1n) is 4.93. The van der Waals surface area contributed by atoms with Crippen LogP contribution in [0.4, 0.5) is 0 Å². The first kappa shape index (κ1) is 8.41. The quantitative estimate of drug-likeness (QED) is 0.554. The molecule has 0 saturated heterocycles. The van der Waals surface area contributed by atoms with Gasteiger partial charge in [-0.1, -0.05) is 0 Å². The largest absolute Gasteiger partial charge is 0.350 e. The molecule has 0 bridgehead atoms. The van der Waals surface area contributed by atoms with Gasteiger partial charge in [0.05, 0.1) is 5.52 Å². The summed E-state index contributed by atoms with van der Waals surface area (Å²) < 4.78 is 2.10. The minimum absolute atomic E-state index is 0.818. The molecule has 0 aliphatic carbocycles. The molecule has 74 valence electrons. The van der Waals surface area contributed by atoms with E-state index in [9.17, 15) is 0 Å². The van der Waals surface area contributed by atoms with Crippen molar-refractivity contribution in [3.8, 4) is 0 Å². The average Bonchev–Trinajstić information content (AvgIpc) is 2.61. The van der Waals surface area contributed by atoms with Gasteiger partial charge in [-0.25, -0.2) is 9.97 Å². The monoisotopic (exact) mass is 197 g/mol. The molecule has 3 heteroatoms. The molecule has 0 spiro atoms. The number of benzene rings is 1. The zero-order valence-corrected chi connectivity index (χ0v) is 8.73. The van der Waals surface area contributed by atoms with Crippen LogP contribution in [0.2, 0.25) is 0 Å². The summed E-state index contributed by atoms with van der Waals surface area (Å²) in [7, 11) is 2.04. The second kappa shape index (κ2) is 2.79. The average molecular weight is 197 g/mol. The van der Waals surface area contributed by atoms with E-state index in [-0.39, 0.29) is 0 Å². The van der Waals surface area contributed by atoms with Crippen molar-refractivity contribution in [3.05, 3.63) is 36.4 Å². The SMILES string of the molecule is Cc1ncc2ccc3c(ccn3C)c2n1. The summed E-state index contributed by atoms with van der Waals surface area (Å²) in [5.41, 5.74) is 2.25. The lowest BCUT2D eigenvalue weighted by molar-refractivity contribution is 0.969. The highest BCUT2D eigenvalue weighted by molar-refractivity contribution is 6.03. The highest BCUT2D eigenvalue weighted by atomic mass is 14.9. The Morgan fingerprint density at radius 2 is 2.07 bits per heavy atom. The van der Waals surface area contributed by atoms with Gasteiger partial charge in [-0.05, 0) is 25.1 Å². The van der Waals surface area contributed by atoms with Crippen LogP contribution in [0.3, 0.4) is 0 Å². The third-order valence-corrected chi connectivity index (χ3v) is 2.73. The van der Waals surface area contributed by atoms with Crippen molar-refractivity contribution in [1.29, 1.82) is 0 Å². The summed E-state index contributed by atoms with van der Waals surface area (Å²) >= 11 is 0. The van der Waals surface area contributed by atoms with E-state index in [1.54, 1.807) is 0 Å². The second-order valence-corrected chi connectivity index (χ2v) is 3.78. The molecular formula is C12H11N3. The zero-order chi connectivity index (χ0) is 10.4. The molecule has 2 aromatic heterocycles. The zero-order valence-electron chi connectivity index (χ0n) is 8.73. The molecule has 3 aromatic rings. The van der Waals surface area contributed by atoms with Gasteiger partial charge in [-0.15, -0.1) is 0 Å². The third kappa shape index (κ3) is 1.13. The third-order valence-electron chi connectivity index (χ3n) is 2.73. The first-order chi connectivity index (χ1) is 7.25. The van der Waals surface area contributed by atoms with Crippen LogP contribution in [0, 0.1) is 6.92 Å². The van der Waals surface area contributed by atoms with Gasteiger partial charge >= 0.3 is 0 Å². The number of hydrogen-bond donors (Lipinski definition) is 0. The first-order valence-corrected chi connectivity index (χ1v) is 4.93. The number of aromatic nitrogens is 3. The second-order valence-electron chi connectivity index (χ2n) is 3.78. The molecule has 0 saturated carbocycles. The van der Waals surface area contributed by atoms with E-state index in [1.807, 2.05) is 20.2 Å². The molecule has 0 atom stereocenters. The molecule has 1 aromatic carbocycles. The van der Waals surface area contributed by atoms with E-state index in [0.717, 1.165) is 16.7 Å². The predicted molar refractivity (Wildman–Crippen MR) is 60.8 cm³/mol. The fourth-order valence-corrected chi connectivity index (χ4v) is 1.94. The Hall–Kier alpha value is -1.90. The molecular weight excluding hydrogens is 186 g/mol. The molecule has 0 fully saturated rings. The van der Waals surface area contributed by atoms with Gasteiger partial charge in [0, 0.05) is 35.7 Å². The number of hydrogen-bond acceptors (Lipinski definition) is 2. The molecule has 15 heavy (non-hydrogen) atoms. The van der Waals surface area contributed by atoms with Gasteiger partial charge in [0.25, 0.3) is 0 Å². The lowest BCUT2D eigenvalue weighted by Crippen LogP contribution is -1.89. The molecule has 0 aliphatic heterocycles. The summed E-state index contributed by atoms with van der Waals surface area (Å²) in [4.78, 5) is 8.70. The van der Waals surface area contributed by atoms with Gasteiger partial charge < -0.3 is 4.57 Å². The van der Waals surface area contributed by atoms with Crippen molar-refractivity contribution >= 4 is 21.8 Å². The normalized spacial score (nSPS) is 11.3. The predicted octanol–water partition coefficient (Wildman–Crippen LogP) is 2.43. The van der Waals surface area contributed by atoms with Crippen LogP contribution in [0.15, 0.2) is 30.6 Å². The topological polar surface area (TPSA) is 30.7 Å². The van der Waals surface area contributed by atoms with Crippen molar-refractivity contribution in [2.24, 2.45) is 7.05 Å². The molecule has 0 amide bonds. The van der Waals surface area contributed by atoms with Gasteiger partial charge in [0.15, 0.2) is 0 Å². The Kier molecular flexibility index (Phi) is 1.57. The Labute approximate surface area is 87.4 Å². The van der Waals surface area contributed by atoms with Crippen LogP contribution < -0.4 is 0 Å². The summed E-state index contributed by atoms with van der Waals surface area (Å²) in [6.07, 6.45) is 3.94. The van der Waals surface area contributed by atoms with Crippen LogP contribution in [0.5, 0.6) is 0 Å². The van der Waals surface area contributed by atoms with Crippen molar-refractivity contribution in [2.75, 3.05) is 0 Å². The number of fused-ring (bicyclic) bond motifs is 3. The molecule has 0 unspecified atom stereocenters. The smallest absolute Gasteiger partial charge is 0.125 e. The molecule has 3 rings (SSSR count). The van der Waals surface area contributed by atoms with Crippen LogP contribution >= 0.6 is 0 Å². The maximum atomic E-state index is 4.49. The maximum Gasteiger partial charge on any atom is 0.125 e. The fraction of sp³-hybridized carbons (Fsp3) is 0.167. The van der Waals surface area contributed by atoms with Gasteiger partial charge in [0.1, 0.15) is 5.82 Å². The summed E-state index contributed by atoms with van der Waals surface area (Å²) in [5, 5.41) is 2.29. The van der Waals surface area contributed by atoms with Gasteiger partial charge in [-0.2, -0.15) is 0 Å². The molecule has 2 heterocycles. The molecule has 0 aliphatic rings. The van der Waals surface area contributed by atoms with Crippen LogP contribution in [0.25, 0.3) is 21.8 Å². The van der Waals surface area contributed by atoms with E-state index in [0.29, 0.717) is 0 Å². The van der Waals surface area contributed by atoms with Crippen molar-refractivity contribution in [3.63, 3.8) is 0 Å². The standard InChI is InChI=1S/C12H11N3/c1-8-13-7-9-3-4-11-10(12(9)14-8)5-6-15(11)2/h3-7H,1-2H3. The number of aryl methyl sites for hydroxylation is 2. The Morgan fingerprint density at radius 1 is 1.20 bits per heavy atom. The molecule has 3 nitrogen and oxygen atoms in total. The van der Waals surface area contributed by atoms with Gasteiger partial charge in [-0.3, -0.25) is 0 Å². The highest BCUT2D eigenvalue weighted by Gasteiger charge is 2.04. The van der Waals surface area contributed by atoms with Crippen LogP contribution in [0.1, 0.15) is 5.82 Å². The van der Waals surface area contributed by atoms with Crippen LogP contribution in [-0.4, -0.2) is 14.5 Å². The highest BCUT2D eigenvalue weighted by Crippen LogP contribution is 2.23. The minimum atomic E-state index is 0.818. The van der Waals surface area contributed by atoms with E-state index < -0.39 is 0 Å². The van der Waals surface area contributed by atoms with Crippen molar-refractivity contribution in [1.82, 2.24) is 14.5 Å². The number of rotatable bonds is 0. The number of nitrogens with zero attached hydrogens (tertiary/aromatic N) is 3. The van der Waals surface area contributed by atoms with E-state index in [4.69, 9.17) is 0 Å². The van der Waals surface area contributed by atoms with Crippen molar-refractivity contribution in [2.45, 2.75) is 6.92 Å². The maximum absolute atomic E-state index is 4.49. The lowest BCUT2D eigenvalue weighted by atomic mass is 10.2. The van der Waals surface area contributed by atoms with E-state index in [2.05, 4.69) is 38.9 Å². The van der Waals surface area contributed by atoms with Crippen molar-refractivity contribution < 1.29 is 0 Å². The summed E-state index contributed by atoms with van der Waals surface area (Å²) in [6, 6.07) is 6.28. The van der Waals surface area contributed by atoms with E-state index >= 15 is 0 Å². The molecule has 0 radical (unpaired) electrons. The summed E-state index contributed by atoms with van der Waals surface area (Å²) in [6.45, 7) is 1.92. The minimum Gasteiger partial charge on any atom is -0.350 e. The van der Waals surface area contributed by atoms with E-state index in [1.165, 1.54) is 10.9 Å². The Balaban J connectivity index is 2.57. The lowest BCUT2D eigenvalue weighted by Gasteiger charge is -2.01. The van der Waals surface area contributed by atoms with Gasteiger partial charge in [0.2, 0.25) is 0 Å². The Bertz CT molecular complexity index is 652. The van der Waals surface area contributed by atoms with Crippen LogP contribution in [-0.2, 0) is 7.05 Å². The molecule has 0 N–H and O–H groups in total.